The molecule has 0 aliphatic heterocycles. The SMILES string of the molecule is CC(Sc1cccc(NC(=O)/C=C/C(=O)O)c1)C(=O)Nc1nc2ccccc2s1. The third-order valence-electron chi connectivity index (χ3n) is 3.68. The minimum atomic E-state index is -1.20. The molecule has 1 atom stereocenters. The van der Waals surface area contributed by atoms with E-state index in [1.807, 2.05) is 30.3 Å². The second kappa shape index (κ2) is 9.35. The molecule has 0 radical (unpaired) electrons. The average Bonchev–Trinajstić information content (AvgIpc) is 3.09. The number of aromatic nitrogens is 1. The molecule has 0 saturated carbocycles. The zero-order valence-electron chi connectivity index (χ0n) is 15.3. The first-order valence-corrected chi connectivity index (χ1v) is 10.3. The topological polar surface area (TPSA) is 108 Å². The van der Waals surface area contributed by atoms with E-state index in [-0.39, 0.29) is 11.2 Å². The summed E-state index contributed by atoms with van der Waals surface area (Å²) in [4.78, 5) is 39.9. The number of aliphatic carboxylic acids is 1. The molecule has 0 aliphatic carbocycles. The van der Waals surface area contributed by atoms with Crippen LogP contribution < -0.4 is 10.6 Å². The van der Waals surface area contributed by atoms with Crippen LogP contribution in [0.25, 0.3) is 10.2 Å². The maximum Gasteiger partial charge on any atom is 0.328 e. The molecule has 0 fully saturated rings. The number of thiazole rings is 1. The monoisotopic (exact) mass is 427 g/mol. The van der Waals surface area contributed by atoms with Crippen molar-refractivity contribution in [3.63, 3.8) is 0 Å². The van der Waals surface area contributed by atoms with Crippen molar-refractivity contribution in [2.45, 2.75) is 17.1 Å². The van der Waals surface area contributed by atoms with E-state index in [9.17, 15) is 14.4 Å². The van der Waals surface area contributed by atoms with Crippen LogP contribution in [0.1, 0.15) is 6.92 Å². The van der Waals surface area contributed by atoms with Gasteiger partial charge < -0.3 is 15.7 Å². The van der Waals surface area contributed by atoms with Crippen LogP contribution in [0.15, 0.2) is 65.6 Å². The Morgan fingerprint density at radius 1 is 1.10 bits per heavy atom. The van der Waals surface area contributed by atoms with Gasteiger partial charge in [-0.3, -0.25) is 9.59 Å². The maximum atomic E-state index is 12.5. The van der Waals surface area contributed by atoms with Crippen LogP contribution in [-0.4, -0.2) is 33.1 Å². The molecule has 29 heavy (non-hydrogen) atoms. The van der Waals surface area contributed by atoms with Crippen LogP contribution in [0.2, 0.25) is 0 Å². The van der Waals surface area contributed by atoms with Crippen molar-refractivity contribution in [2.75, 3.05) is 10.6 Å². The third-order valence-corrected chi connectivity index (χ3v) is 5.73. The highest BCUT2D eigenvalue weighted by Gasteiger charge is 2.16. The Morgan fingerprint density at radius 3 is 2.66 bits per heavy atom. The first kappa shape index (κ1) is 20.6. The first-order chi connectivity index (χ1) is 13.9. The average molecular weight is 428 g/mol. The number of carbonyl (C=O) groups excluding carboxylic acids is 2. The minimum Gasteiger partial charge on any atom is -0.478 e. The van der Waals surface area contributed by atoms with Gasteiger partial charge in [0.05, 0.1) is 15.5 Å². The Bertz CT molecular complexity index is 1060. The van der Waals surface area contributed by atoms with Gasteiger partial charge in [-0.05, 0) is 37.3 Å². The van der Waals surface area contributed by atoms with Crippen LogP contribution in [0.3, 0.4) is 0 Å². The molecule has 0 saturated heterocycles. The second-order valence-corrected chi connectivity index (χ2v) is 8.37. The molecule has 1 unspecified atom stereocenters. The molecule has 2 aromatic carbocycles. The van der Waals surface area contributed by atoms with Gasteiger partial charge in [0.25, 0.3) is 0 Å². The zero-order valence-corrected chi connectivity index (χ0v) is 16.9. The lowest BCUT2D eigenvalue weighted by atomic mass is 10.3. The van der Waals surface area contributed by atoms with Crippen LogP contribution in [0.4, 0.5) is 10.8 Å². The summed E-state index contributed by atoms with van der Waals surface area (Å²) < 4.78 is 1.00. The summed E-state index contributed by atoms with van der Waals surface area (Å²) in [5.74, 6) is -1.92. The Balaban J connectivity index is 1.60. The fourth-order valence-corrected chi connectivity index (χ4v) is 4.16. The lowest BCUT2D eigenvalue weighted by Gasteiger charge is -2.11. The van der Waals surface area contributed by atoms with Gasteiger partial charge in [-0.2, -0.15) is 0 Å². The highest BCUT2D eigenvalue weighted by molar-refractivity contribution is 8.00. The lowest BCUT2D eigenvalue weighted by Crippen LogP contribution is -2.22. The van der Waals surface area contributed by atoms with Gasteiger partial charge in [0.15, 0.2) is 5.13 Å². The quantitative estimate of drug-likeness (QED) is 0.389. The molecule has 148 valence electrons. The number of hydrogen-bond acceptors (Lipinski definition) is 6. The molecule has 3 rings (SSSR count). The van der Waals surface area contributed by atoms with Crippen molar-refractivity contribution >= 4 is 61.9 Å². The number of carboxylic acid groups (broad SMARTS) is 1. The van der Waals surface area contributed by atoms with Crippen molar-refractivity contribution in [1.82, 2.24) is 4.98 Å². The normalized spacial score (nSPS) is 12.0. The van der Waals surface area contributed by atoms with Crippen molar-refractivity contribution in [3.05, 3.63) is 60.7 Å². The maximum absolute atomic E-state index is 12.5. The largest absolute Gasteiger partial charge is 0.478 e. The number of fused-ring (bicyclic) bond motifs is 1. The fraction of sp³-hybridized carbons (Fsp3) is 0.100. The Labute approximate surface area is 174 Å². The van der Waals surface area contributed by atoms with E-state index in [1.165, 1.54) is 23.1 Å². The van der Waals surface area contributed by atoms with Gasteiger partial charge in [-0.1, -0.05) is 29.5 Å². The molecule has 0 spiro atoms. The number of nitrogens with zero attached hydrogens (tertiary/aromatic N) is 1. The summed E-state index contributed by atoms with van der Waals surface area (Å²) >= 11 is 2.76. The second-order valence-electron chi connectivity index (χ2n) is 5.92. The predicted octanol–water partition coefficient (Wildman–Crippen LogP) is 3.99. The molecule has 1 heterocycles. The summed E-state index contributed by atoms with van der Waals surface area (Å²) in [5, 5.41) is 14.1. The molecule has 2 amide bonds. The van der Waals surface area contributed by atoms with Crippen LogP contribution >= 0.6 is 23.1 Å². The number of hydrogen-bond donors (Lipinski definition) is 3. The number of rotatable bonds is 7. The van der Waals surface area contributed by atoms with Crippen molar-refractivity contribution in [3.8, 4) is 0 Å². The van der Waals surface area contributed by atoms with Gasteiger partial charge in [0.2, 0.25) is 11.8 Å². The van der Waals surface area contributed by atoms with Gasteiger partial charge in [-0.25, -0.2) is 9.78 Å². The molecule has 0 aliphatic rings. The van der Waals surface area contributed by atoms with Crippen LogP contribution in [0, 0.1) is 0 Å². The number of thioether (sulfide) groups is 1. The van der Waals surface area contributed by atoms with E-state index in [1.54, 1.807) is 25.1 Å². The van der Waals surface area contributed by atoms with E-state index in [0.717, 1.165) is 27.3 Å². The number of nitrogens with one attached hydrogen (secondary N) is 2. The standard InChI is InChI=1S/C20H17N3O4S2/c1-12(19(27)23-20-22-15-7-2-3-8-16(15)29-20)28-14-6-4-5-13(11-14)21-17(24)9-10-18(25)26/h2-12H,1H3,(H,21,24)(H,25,26)(H,22,23,27)/b10-9+. The number of anilines is 2. The van der Waals surface area contributed by atoms with E-state index >= 15 is 0 Å². The highest BCUT2D eigenvalue weighted by Crippen LogP contribution is 2.29. The molecule has 3 N–H and O–H groups in total. The molecule has 3 aromatic rings. The summed E-state index contributed by atoms with van der Waals surface area (Å²) in [6.45, 7) is 1.79. The van der Waals surface area contributed by atoms with Crippen LogP contribution in [0.5, 0.6) is 0 Å². The molecule has 1 aromatic heterocycles. The van der Waals surface area contributed by atoms with Crippen molar-refractivity contribution in [2.24, 2.45) is 0 Å². The zero-order chi connectivity index (χ0) is 20.8. The van der Waals surface area contributed by atoms with Gasteiger partial charge in [0.1, 0.15) is 0 Å². The van der Waals surface area contributed by atoms with E-state index < -0.39 is 11.9 Å². The van der Waals surface area contributed by atoms with E-state index in [0.29, 0.717) is 10.8 Å². The van der Waals surface area contributed by atoms with E-state index in [2.05, 4.69) is 15.6 Å². The smallest absolute Gasteiger partial charge is 0.328 e. The number of para-hydroxylation sites is 1. The molecule has 7 nitrogen and oxygen atoms in total. The van der Waals surface area contributed by atoms with Gasteiger partial charge >= 0.3 is 5.97 Å². The van der Waals surface area contributed by atoms with Crippen LogP contribution in [-0.2, 0) is 14.4 Å². The van der Waals surface area contributed by atoms with Crippen molar-refractivity contribution in [1.29, 1.82) is 0 Å². The Kier molecular flexibility index (Phi) is 6.63. The number of amides is 2. The third kappa shape index (κ3) is 5.90. The summed E-state index contributed by atoms with van der Waals surface area (Å²) in [6.07, 6.45) is 1.71. The first-order valence-electron chi connectivity index (χ1n) is 8.56. The Hall–Kier alpha value is -3.17. The molecule has 9 heteroatoms. The summed E-state index contributed by atoms with van der Waals surface area (Å²) in [5.41, 5.74) is 1.35. The number of benzene rings is 2. The van der Waals surface area contributed by atoms with Gasteiger partial charge in [-0.15, -0.1) is 11.8 Å². The summed E-state index contributed by atoms with van der Waals surface area (Å²) in [7, 11) is 0. The highest BCUT2D eigenvalue weighted by atomic mass is 32.2. The van der Waals surface area contributed by atoms with Gasteiger partial charge in [0, 0.05) is 22.7 Å². The van der Waals surface area contributed by atoms with Crippen molar-refractivity contribution < 1.29 is 19.5 Å². The summed E-state index contributed by atoms with van der Waals surface area (Å²) in [6, 6.07) is 14.6. The van der Waals surface area contributed by atoms with E-state index in [4.69, 9.17) is 5.11 Å². The molecule has 0 bridgehead atoms. The molecular weight excluding hydrogens is 410 g/mol. The number of carbonyl (C=O) groups is 3. The Morgan fingerprint density at radius 2 is 1.90 bits per heavy atom. The molecular formula is C20H17N3O4S2. The minimum absolute atomic E-state index is 0.173. The lowest BCUT2D eigenvalue weighted by molar-refractivity contribution is -0.131. The predicted molar refractivity (Wildman–Crippen MR) is 115 cm³/mol. The fourth-order valence-electron chi connectivity index (χ4n) is 2.37. The number of carboxylic acids is 1.